The standard InChI is InChI=1S/C14H15F4N3O4/c1-25-13(5-19-6-13)10(12(23)21-24)20-11(22)8-3-2-7(4-9(8)15)14(16,17)18/h2-4,10,19,24H,5-6H2,1H3,(H,20,22)(H,21,23). The number of carbonyl (C=O) groups is 2. The number of hydrogen-bond donors (Lipinski definition) is 4. The molecule has 0 spiro atoms. The predicted molar refractivity (Wildman–Crippen MR) is 75.2 cm³/mol. The van der Waals surface area contributed by atoms with E-state index in [1.807, 2.05) is 0 Å². The normalized spacial score (nSPS) is 17.4. The van der Waals surface area contributed by atoms with Crippen molar-refractivity contribution in [2.24, 2.45) is 0 Å². The Morgan fingerprint density at radius 3 is 2.40 bits per heavy atom. The van der Waals surface area contributed by atoms with E-state index in [2.05, 4.69) is 10.6 Å². The zero-order valence-electron chi connectivity index (χ0n) is 12.9. The van der Waals surface area contributed by atoms with Gasteiger partial charge in [0.25, 0.3) is 11.8 Å². The van der Waals surface area contributed by atoms with E-state index in [0.717, 1.165) is 0 Å². The van der Waals surface area contributed by atoms with Crippen LogP contribution in [0.2, 0.25) is 0 Å². The molecule has 0 aliphatic carbocycles. The van der Waals surface area contributed by atoms with Crippen molar-refractivity contribution in [1.29, 1.82) is 0 Å². The van der Waals surface area contributed by atoms with Gasteiger partial charge in [0, 0.05) is 20.2 Å². The smallest absolute Gasteiger partial charge is 0.373 e. The van der Waals surface area contributed by atoms with Crippen LogP contribution in [0.4, 0.5) is 17.6 Å². The Kier molecular flexibility index (Phi) is 5.30. The lowest BCUT2D eigenvalue weighted by Gasteiger charge is -2.45. The van der Waals surface area contributed by atoms with Gasteiger partial charge in [-0.3, -0.25) is 14.8 Å². The average molecular weight is 365 g/mol. The number of ether oxygens (including phenoxy) is 1. The Balaban J connectivity index is 2.25. The summed E-state index contributed by atoms with van der Waals surface area (Å²) in [4.78, 5) is 24.0. The molecule has 1 aromatic rings. The van der Waals surface area contributed by atoms with Gasteiger partial charge < -0.3 is 15.4 Å². The van der Waals surface area contributed by atoms with E-state index >= 15 is 0 Å². The lowest BCUT2D eigenvalue weighted by atomic mass is 9.87. The molecule has 25 heavy (non-hydrogen) atoms. The van der Waals surface area contributed by atoms with E-state index in [1.54, 1.807) is 0 Å². The maximum absolute atomic E-state index is 13.9. The fourth-order valence-electron chi connectivity index (χ4n) is 2.42. The summed E-state index contributed by atoms with van der Waals surface area (Å²) in [5, 5.41) is 13.8. The number of alkyl halides is 3. The van der Waals surface area contributed by atoms with Gasteiger partial charge in [-0.15, -0.1) is 0 Å². The van der Waals surface area contributed by atoms with E-state index in [0.29, 0.717) is 12.1 Å². The molecule has 1 aliphatic heterocycles. The van der Waals surface area contributed by atoms with Crippen LogP contribution >= 0.6 is 0 Å². The van der Waals surface area contributed by atoms with Crippen LogP contribution in [-0.2, 0) is 15.7 Å². The Bertz CT molecular complexity index is 671. The monoisotopic (exact) mass is 365 g/mol. The van der Waals surface area contributed by atoms with Gasteiger partial charge in [0.15, 0.2) is 0 Å². The van der Waals surface area contributed by atoms with Crippen LogP contribution in [-0.4, -0.2) is 48.9 Å². The highest BCUT2D eigenvalue weighted by atomic mass is 19.4. The fourth-order valence-corrected chi connectivity index (χ4v) is 2.42. The molecule has 1 aliphatic rings. The summed E-state index contributed by atoms with van der Waals surface area (Å²) in [5.74, 6) is -3.53. The second-order valence-corrected chi connectivity index (χ2v) is 5.45. The van der Waals surface area contributed by atoms with Crippen molar-refractivity contribution in [2.75, 3.05) is 20.2 Å². The highest BCUT2D eigenvalue weighted by Crippen LogP contribution is 2.30. The van der Waals surface area contributed by atoms with E-state index in [-0.39, 0.29) is 19.2 Å². The molecule has 138 valence electrons. The van der Waals surface area contributed by atoms with Crippen molar-refractivity contribution in [2.45, 2.75) is 17.8 Å². The molecule has 1 atom stereocenters. The zero-order chi connectivity index (χ0) is 18.8. The van der Waals surface area contributed by atoms with Gasteiger partial charge >= 0.3 is 6.18 Å². The molecule has 1 unspecified atom stereocenters. The van der Waals surface area contributed by atoms with E-state index in [1.165, 1.54) is 12.6 Å². The molecule has 11 heteroatoms. The Morgan fingerprint density at radius 2 is 2.00 bits per heavy atom. The first-order valence-corrected chi connectivity index (χ1v) is 7.02. The number of carbonyl (C=O) groups excluding carboxylic acids is 2. The minimum Gasteiger partial charge on any atom is -0.373 e. The molecular formula is C14H15F4N3O4. The summed E-state index contributed by atoms with van der Waals surface area (Å²) < 4.78 is 56.7. The molecule has 1 aromatic carbocycles. The number of hydroxylamine groups is 1. The number of hydrogen-bond acceptors (Lipinski definition) is 5. The molecule has 2 rings (SSSR count). The quantitative estimate of drug-likeness (QED) is 0.345. The molecule has 1 heterocycles. The summed E-state index contributed by atoms with van der Waals surface area (Å²) in [6, 6.07) is 0.0150. The first-order valence-electron chi connectivity index (χ1n) is 7.02. The van der Waals surface area contributed by atoms with Crippen molar-refractivity contribution in [1.82, 2.24) is 16.1 Å². The highest BCUT2D eigenvalue weighted by molar-refractivity contribution is 5.98. The van der Waals surface area contributed by atoms with Crippen LogP contribution in [0.5, 0.6) is 0 Å². The lowest BCUT2D eigenvalue weighted by Crippen LogP contribution is -2.74. The van der Waals surface area contributed by atoms with E-state index in [4.69, 9.17) is 9.94 Å². The first-order chi connectivity index (χ1) is 11.6. The van der Waals surface area contributed by atoms with Gasteiger partial charge in [-0.05, 0) is 18.2 Å². The summed E-state index contributed by atoms with van der Waals surface area (Å²) >= 11 is 0. The molecule has 0 bridgehead atoms. The maximum Gasteiger partial charge on any atom is 0.416 e. The third-order valence-corrected chi connectivity index (χ3v) is 3.97. The number of halogens is 4. The number of rotatable bonds is 5. The Labute approximate surface area is 139 Å². The molecule has 0 radical (unpaired) electrons. The maximum atomic E-state index is 13.9. The summed E-state index contributed by atoms with van der Waals surface area (Å²) in [7, 11) is 1.28. The van der Waals surface area contributed by atoms with E-state index in [9.17, 15) is 27.2 Å². The summed E-state index contributed by atoms with van der Waals surface area (Å²) in [5.41, 5.74) is -1.73. The molecule has 1 fully saturated rings. The lowest BCUT2D eigenvalue weighted by molar-refractivity contribution is -0.145. The molecule has 4 N–H and O–H groups in total. The summed E-state index contributed by atoms with van der Waals surface area (Å²) in [6.07, 6.45) is -4.76. The number of nitrogens with one attached hydrogen (secondary N) is 3. The van der Waals surface area contributed by atoms with Gasteiger partial charge in [-0.25, -0.2) is 9.87 Å². The van der Waals surface area contributed by atoms with Crippen LogP contribution in [0.1, 0.15) is 15.9 Å². The Morgan fingerprint density at radius 1 is 1.36 bits per heavy atom. The van der Waals surface area contributed by atoms with Gasteiger partial charge in [0.2, 0.25) is 0 Å². The minimum atomic E-state index is -4.76. The summed E-state index contributed by atoms with van der Waals surface area (Å²) in [6.45, 7) is 0.328. The second kappa shape index (κ2) is 6.94. The molecule has 0 saturated carbocycles. The molecule has 7 nitrogen and oxygen atoms in total. The first kappa shape index (κ1) is 19.1. The van der Waals surface area contributed by atoms with Crippen LogP contribution in [0.3, 0.4) is 0 Å². The average Bonchev–Trinajstić information content (AvgIpc) is 2.51. The van der Waals surface area contributed by atoms with Gasteiger partial charge in [-0.2, -0.15) is 13.2 Å². The third-order valence-electron chi connectivity index (χ3n) is 3.97. The Hall–Kier alpha value is -2.24. The largest absolute Gasteiger partial charge is 0.416 e. The number of methoxy groups -OCH3 is 1. The van der Waals surface area contributed by atoms with Crippen molar-refractivity contribution in [3.8, 4) is 0 Å². The van der Waals surface area contributed by atoms with Crippen molar-refractivity contribution in [3.63, 3.8) is 0 Å². The highest BCUT2D eigenvalue weighted by Gasteiger charge is 2.49. The van der Waals surface area contributed by atoms with Crippen molar-refractivity contribution < 1.29 is 37.1 Å². The molecular weight excluding hydrogens is 350 g/mol. The van der Waals surface area contributed by atoms with Crippen LogP contribution < -0.4 is 16.1 Å². The van der Waals surface area contributed by atoms with Gasteiger partial charge in [0.05, 0.1) is 11.1 Å². The number of amides is 2. The zero-order valence-corrected chi connectivity index (χ0v) is 12.9. The molecule has 1 saturated heterocycles. The molecule has 2 amide bonds. The SMILES string of the molecule is COC1(C(NC(=O)c2ccc(C(F)(F)F)cc2F)C(=O)NO)CNC1. The fraction of sp³-hybridized carbons (Fsp3) is 0.429. The van der Waals surface area contributed by atoms with Crippen LogP contribution in [0, 0.1) is 5.82 Å². The third kappa shape index (κ3) is 3.72. The minimum absolute atomic E-state index is 0.164. The van der Waals surface area contributed by atoms with Crippen LogP contribution in [0.15, 0.2) is 18.2 Å². The van der Waals surface area contributed by atoms with Gasteiger partial charge in [-0.1, -0.05) is 0 Å². The second-order valence-electron chi connectivity index (χ2n) is 5.45. The topological polar surface area (TPSA) is 99.7 Å². The van der Waals surface area contributed by atoms with Crippen molar-refractivity contribution >= 4 is 11.8 Å². The number of benzene rings is 1. The predicted octanol–water partition coefficient (Wildman–Crippen LogP) is 0.437. The van der Waals surface area contributed by atoms with Gasteiger partial charge in [0.1, 0.15) is 17.5 Å². The molecule has 0 aromatic heterocycles. The van der Waals surface area contributed by atoms with E-state index < -0.39 is 46.6 Å². The van der Waals surface area contributed by atoms with Crippen molar-refractivity contribution in [3.05, 3.63) is 35.1 Å². The van der Waals surface area contributed by atoms with Crippen LogP contribution in [0.25, 0.3) is 0 Å².